The fraction of sp³-hybridized carbons (Fsp3) is 0.714. The van der Waals surface area contributed by atoms with E-state index in [1.54, 1.807) is 0 Å². The lowest BCUT2D eigenvalue weighted by Gasteiger charge is -2.28. The summed E-state index contributed by atoms with van der Waals surface area (Å²) in [6.07, 6.45) is 2.64. The highest BCUT2D eigenvalue weighted by molar-refractivity contribution is 5.49. The van der Waals surface area contributed by atoms with E-state index in [1.165, 1.54) is 12.8 Å². The molecule has 0 saturated heterocycles. The van der Waals surface area contributed by atoms with Crippen LogP contribution in [0.5, 0.6) is 0 Å². The zero-order valence-electron chi connectivity index (χ0n) is 12.6. The Morgan fingerprint density at radius 1 is 1.45 bits per heavy atom. The molecule has 1 aliphatic rings. The van der Waals surface area contributed by atoms with E-state index in [9.17, 15) is 0 Å². The highest BCUT2D eigenvalue weighted by Gasteiger charge is 2.26. The SMILES string of the molecule is CCOCc1nc(NN)cc(N(CC2CC2)C(C)C)n1. The summed E-state index contributed by atoms with van der Waals surface area (Å²) < 4.78 is 5.40. The van der Waals surface area contributed by atoms with E-state index in [-0.39, 0.29) is 0 Å². The van der Waals surface area contributed by atoms with Gasteiger partial charge in [0.2, 0.25) is 0 Å². The topological polar surface area (TPSA) is 76.3 Å². The number of nitrogens with two attached hydrogens (primary N) is 1. The van der Waals surface area contributed by atoms with Crippen LogP contribution in [-0.2, 0) is 11.3 Å². The van der Waals surface area contributed by atoms with Gasteiger partial charge in [0.25, 0.3) is 0 Å². The molecule has 0 aliphatic heterocycles. The van der Waals surface area contributed by atoms with Crippen LogP contribution >= 0.6 is 0 Å². The lowest BCUT2D eigenvalue weighted by atomic mass is 10.2. The number of hydrogen-bond acceptors (Lipinski definition) is 6. The van der Waals surface area contributed by atoms with E-state index >= 15 is 0 Å². The number of ether oxygens (including phenoxy) is 1. The number of nitrogen functional groups attached to an aromatic ring is 1. The smallest absolute Gasteiger partial charge is 0.158 e. The van der Waals surface area contributed by atoms with Crippen LogP contribution in [0.4, 0.5) is 11.6 Å². The number of anilines is 2. The Kier molecular flexibility index (Phi) is 5.14. The van der Waals surface area contributed by atoms with Crippen molar-refractivity contribution in [2.75, 3.05) is 23.5 Å². The van der Waals surface area contributed by atoms with Crippen molar-refractivity contribution in [3.63, 3.8) is 0 Å². The summed E-state index contributed by atoms with van der Waals surface area (Å²) in [4.78, 5) is 11.3. The Labute approximate surface area is 120 Å². The second-order valence-electron chi connectivity index (χ2n) is 5.50. The van der Waals surface area contributed by atoms with Crippen LogP contribution < -0.4 is 16.2 Å². The van der Waals surface area contributed by atoms with Crippen molar-refractivity contribution in [1.29, 1.82) is 0 Å². The third-order valence-corrected chi connectivity index (χ3v) is 3.41. The molecule has 0 unspecified atom stereocenters. The minimum atomic E-state index is 0.399. The molecular weight excluding hydrogens is 254 g/mol. The van der Waals surface area contributed by atoms with Crippen molar-refractivity contribution in [3.8, 4) is 0 Å². The van der Waals surface area contributed by atoms with Crippen molar-refractivity contribution in [1.82, 2.24) is 9.97 Å². The minimum Gasteiger partial charge on any atom is -0.374 e. The number of nitrogens with one attached hydrogen (secondary N) is 1. The number of aromatic nitrogens is 2. The molecule has 6 nitrogen and oxygen atoms in total. The largest absolute Gasteiger partial charge is 0.374 e. The van der Waals surface area contributed by atoms with Crippen LogP contribution in [0.15, 0.2) is 6.07 Å². The Hall–Kier alpha value is -1.40. The molecule has 1 saturated carbocycles. The Morgan fingerprint density at radius 2 is 2.20 bits per heavy atom. The molecule has 0 radical (unpaired) electrons. The molecule has 2 rings (SSSR count). The molecule has 112 valence electrons. The summed E-state index contributed by atoms with van der Waals surface area (Å²) in [5.41, 5.74) is 2.61. The van der Waals surface area contributed by atoms with Gasteiger partial charge in [-0.05, 0) is 39.5 Å². The van der Waals surface area contributed by atoms with Gasteiger partial charge in [-0.2, -0.15) is 0 Å². The van der Waals surface area contributed by atoms with Crippen molar-refractivity contribution in [2.45, 2.75) is 46.3 Å². The van der Waals surface area contributed by atoms with Gasteiger partial charge in [0, 0.05) is 25.3 Å². The minimum absolute atomic E-state index is 0.399. The maximum absolute atomic E-state index is 5.51. The lowest BCUT2D eigenvalue weighted by molar-refractivity contribution is 0.128. The van der Waals surface area contributed by atoms with E-state index in [0.29, 0.717) is 30.9 Å². The van der Waals surface area contributed by atoms with E-state index in [4.69, 9.17) is 10.6 Å². The monoisotopic (exact) mass is 279 g/mol. The molecule has 0 spiro atoms. The summed E-state index contributed by atoms with van der Waals surface area (Å²) in [5.74, 6) is 8.53. The average Bonchev–Trinajstić information content (AvgIpc) is 3.25. The molecule has 20 heavy (non-hydrogen) atoms. The summed E-state index contributed by atoms with van der Waals surface area (Å²) >= 11 is 0. The van der Waals surface area contributed by atoms with Crippen molar-refractivity contribution < 1.29 is 4.74 Å². The molecular formula is C14H25N5O. The first-order valence-corrected chi connectivity index (χ1v) is 7.33. The predicted molar refractivity (Wildman–Crippen MR) is 80.4 cm³/mol. The van der Waals surface area contributed by atoms with Crippen LogP contribution in [0, 0.1) is 5.92 Å². The third-order valence-electron chi connectivity index (χ3n) is 3.41. The fourth-order valence-electron chi connectivity index (χ4n) is 2.11. The average molecular weight is 279 g/mol. The first-order valence-electron chi connectivity index (χ1n) is 7.33. The standard InChI is InChI=1S/C14H25N5O/c1-4-20-9-13-16-12(18-15)7-14(17-13)19(10(2)3)8-11-5-6-11/h7,10-11H,4-6,8-9,15H2,1-3H3,(H,16,17,18). The van der Waals surface area contributed by atoms with Gasteiger partial charge in [-0.25, -0.2) is 15.8 Å². The Bertz CT molecular complexity index is 434. The summed E-state index contributed by atoms with van der Waals surface area (Å²) in [6.45, 7) is 8.43. The highest BCUT2D eigenvalue weighted by atomic mass is 16.5. The fourth-order valence-corrected chi connectivity index (χ4v) is 2.11. The van der Waals surface area contributed by atoms with Gasteiger partial charge in [0.05, 0.1) is 0 Å². The molecule has 6 heteroatoms. The second kappa shape index (κ2) is 6.85. The molecule has 0 bridgehead atoms. The predicted octanol–water partition coefficient (Wildman–Crippen LogP) is 1.92. The quantitative estimate of drug-likeness (QED) is 0.559. The second-order valence-corrected chi connectivity index (χ2v) is 5.50. The van der Waals surface area contributed by atoms with E-state index in [0.717, 1.165) is 18.3 Å². The summed E-state index contributed by atoms with van der Waals surface area (Å²) in [5, 5.41) is 0. The highest BCUT2D eigenvalue weighted by Crippen LogP contribution is 2.32. The van der Waals surface area contributed by atoms with Crippen LogP contribution in [0.2, 0.25) is 0 Å². The third kappa shape index (κ3) is 4.05. The molecule has 1 aromatic heterocycles. The zero-order chi connectivity index (χ0) is 14.5. The number of hydrogen-bond donors (Lipinski definition) is 2. The van der Waals surface area contributed by atoms with Crippen LogP contribution in [0.1, 0.15) is 39.4 Å². The van der Waals surface area contributed by atoms with Crippen molar-refractivity contribution >= 4 is 11.6 Å². The first-order chi connectivity index (χ1) is 9.63. The maximum Gasteiger partial charge on any atom is 0.158 e. The van der Waals surface area contributed by atoms with Crippen LogP contribution in [0.3, 0.4) is 0 Å². The molecule has 3 N–H and O–H groups in total. The summed E-state index contributed by atoms with van der Waals surface area (Å²) in [6, 6.07) is 2.30. The van der Waals surface area contributed by atoms with Crippen molar-refractivity contribution in [3.05, 3.63) is 11.9 Å². The summed E-state index contributed by atoms with van der Waals surface area (Å²) in [7, 11) is 0. The number of hydrazine groups is 1. The van der Waals surface area contributed by atoms with Gasteiger partial charge in [-0.3, -0.25) is 0 Å². The van der Waals surface area contributed by atoms with Gasteiger partial charge in [0.15, 0.2) is 5.82 Å². The van der Waals surface area contributed by atoms with Gasteiger partial charge in [-0.1, -0.05) is 0 Å². The first kappa shape index (κ1) is 15.0. The molecule has 1 aliphatic carbocycles. The maximum atomic E-state index is 5.51. The molecule has 0 amide bonds. The van der Waals surface area contributed by atoms with Gasteiger partial charge in [-0.15, -0.1) is 0 Å². The Morgan fingerprint density at radius 3 is 2.75 bits per heavy atom. The van der Waals surface area contributed by atoms with E-state index < -0.39 is 0 Å². The number of nitrogens with zero attached hydrogens (tertiary/aromatic N) is 3. The molecule has 0 aromatic carbocycles. The van der Waals surface area contributed by atoms with Gasteiger partial charge < -0.3 is 15.1 Å². The molecule has 1 aromatic rings. The number of rotatable bonds is 8. The lowest BCUT2D eigenvalue weighted by Crippen LogP contribution is -2.34. The van der Waals surface area contributed by atoms with Crippen LogP contribution in [-0.4, -0.2) is 29.2 Å². The van der Waals surface area contributed by atoms with E-state index in [1.807, 2.05) is 13.0 Å². The van der Waals surface area contributed by atoms with Gasteiger partial charge >= 0.3 is 0 Å². The van der Waals surface area contributed by atoms with Gasteiger partial charge in [0.1, 0.15) is 18.2 Å². The molecule has 1 fully saturated rings. The molecule has 0 atom stereocenters. The van der Waals surface area contributed by atoms with Crippen LogP contribution in [0.25, 0.3) is 0 Å². The Balaban J connectivity index is 2.21. The zero-order valence-corrected chi connectivity index (χ0v) is 12.6. The van der Waals surface area contributed by atoms with Crippen molar-refractivity contribution in [2.24, 2.45) is 11.8 Å². The van der Waals surface area contributed by atoms with E-state index in [2.05, 4.69) is 34.1 Å². The molecule has 1 heterocycles. The normalized spacial score (nSPS) is 14.7.